The van der Waals surface area contributed by atoms with Crippen LogP contribution in [0.2, 0.25) is 0 Å². The molecule has 2 unspecified atom stereocenters. The molecule has 0 saturated carbocycles. The molecule has 0 aliphatic heterocycles. The van der Waals surface area contributed by atoms with Crippen LogP contribution in [-0.2, 0) is 6.42 Å². The highest BCUT2D eigenvalue weighted by Gasteiger charge is 2.26. The van der Waals surface area contributed by atoms with Crippen LogP contribution in [0.5, 0.6) is 0 Å². The molecular formula is C18H19BrFN. The third kappa shape index (κ3) is 3.04. The van der Waals surface area contributed by atoms with Gasteiger partial charge in [0, 0.05) is 16.6 Å². The summed E-state index contributed by atoms with van der Waals surface area (Å²) in [6, 6.07) is 14.4. The molecule has 0 amide bonds. The van der Waals surface area contributed by atoms with E-state index in [1.54, 1.807) is 6.07 Å². The molecule has 3 rings (SSSR count). The zero-order valence-electron chi connectivity index (χ0n) is 12.1. The van der Waals surface area contributed by atoms with E-state index in [0.717, 1.165) is 34.9 Å². The van der Waals surface area contributed by atoms with Crippen LogP contribution in [-0.4, -0.2) is 0 Å². The molecule has 2 aromatic carbocycles. The van der Waals surface area contributed by atoms with E-state index in [2.05, 4.69) is 58.5 Å². The van der Waals surface area contributed by atoms with Gasteiger partial charge in [0.15, 0.2) is 0 Å². The lowest BCUT2D eigenvalue weighted by Crippen LogP contribution is -2.24. The quantitative estimate of drug-likeness (QED) is 0.789. The van der Waals surface area contributed by atoms with Gasteiger partial charge in [0.05, 0.1) is 0 Å². The Balaban J connectivity index is 1.80. The summed E-state index contributed by atoms with van der Waals surface area (Å²) in [6.07, 6.45) is 2.82. The second-order valence-electron chi connectivity index (χ2n) is 5.58. The molecule has 1 aliphatic rings. The summed E-state index contributed by atoms with van der Waals surface area (Å²) in [4.78, 5) is 0. The highest BCUT2D eigenvalue weighted by Crippen LogP contribution is 2.35. The molecule has 1 nitrogen and oxygen atoms in total. The second kappa shape index (κ2) is 6.29. The summed E-state index contributed by atoms with van der Waals surface area (Å²) >= 11 is 3.47. The molecule has 110 valence electrons. The van der Waals surface area contributed by atoms with Gasteiger partial charge >= 0.3 is 0 Å². The standard InChI is InChI=1S/C18H19BrFN/c1-2-17(12-6-8-13(19)9-7-12)21-18-11-10-14-15(18)4-3-5-16(14)20/h3-9,17-18,21H,2,10-11H2,1H3. The first-order valence-electron chi connectivity index (χ1n) is 7.48. The number of fused-ring (bicyclic) bond motifs is 1. The Morgan fingerprint density at radius 3 is 2.71 bits per heavy atom. The van der Waals surface area contributed by atoms with Gasteiger partial charge in [-0.1, -0.05) is 47.1 Å². The molecule has 0 fully saturated rings. The van der Waals surface area contributed by atoms with Crippen LogP contribution in [0.15, 0.2) is 46.9 Å². The predicted molar refractivity (Wildman–Crippen MR) is 87.8 cm³/mol. The van der Waals surface area contributed by atoms with Crippen molar-refractivity contribution in [1.29, 1.82) is 0 Å². The SMILES string of the molecule is CCC(NC1CCc2c(F)cccc21)c1ccc(Br)cc1. The summed E-state index contributed by atoms with van der Waals surface area (Å²) in [5.41, 5.74) is 3.30. The summed E-state index contributed by atoms with van der Waals surface area (Å²) in [7, 11) is 0. The molecule has 3 heteroatoms. The van der Waals surface area contributed by atoms with Crippen LogP contribution in [0.4, 0.5) is 4.39 Å². The van der Waals surface area contributed by atoms with Crippen molar-refractivity contribution in [3.63, 3.8) is 0 Å². The molecule has 0 spiro atoms. The monoisotopic (exact) mass is 347 g/mol. The van der Waals surface area contributed by atoms with Gasteiger partial charge in [-0.3, -0.25) is 0 Å². The number of hydrogen-bond donors (Lipinski definition) is 1. The van der Waals surface area contributed by atoms with Gasteiger partial charge in [0.1, 0.15) is 5.82 Å². The van der Waals surface area contributed by atoms with Gasteiger partial charge in [0.2, 0.25) is 0 Å². The van der Waals surface area contributed by atoms with E-state index in [9.17, 15) is 4.39 Å². The maximum atomic E-state index is 13.8. The van der Waals surface area contributed by atoms with E-state index < -0.39 is 0 Å². The van der Waals surface area contributed by atoms with Crippen LogP contribution in [0.3, 0.4) is 0 Å². The lowest BCUT2D eigenvalue weighted by Gasteiger charge is -2.23. The van der Waals surface area contributed by atoms with Crippen LogP contribution in [0, 0.1) is 5.82 Å². The zero-order valence-corrected chi connectivity index (χ0v) is 13.7. The fourth-order valence-electron chi connectivity index (χ4n) is 3.17. The van der Waals surface area contributed by atoms with Crippen molar-refractivity contribution >= 4 is 15.9 Å². The number of halogens is 2. The normalized spacial score (nSPS) is 18.5. The molecule has 0 heterocycles. The number of benzene rings is 2. The molecule has 0 bridgehead atoms. The van der Waals surface area contributed by atoms with Crippen molar-refractivity contribution in [3.05, 3.63) is 69.4 Å². The van der Waals surface area contributed by atoms with Crippen LogP contribution in [0.25, 0.3) is 0 Å². The van der Waals surface area contributed by atoms with Gasteiger partial charge in [-0.05, 0) is 54.2 Å². The third-order valence-electron chi connectivity index (χ3n) is 4.30. The third-order valence-corrected chi connectivity index (χ3v) is 4.83. The molecule has 0 saturated heterocycles. The van der Waals surface area contributed by atoms with Gasteiger partial charge in [-0.15, -0.1) is 0 Å². The molecule has 2 aromatic rings. The van der Waals surface area contributed by atoms with Crippen LogP contribution in [0.1, 0.15) is 48.5 Å². The fourth-order valence-corrected chi connectivity index (χ4v) is 3.43. The van der Waals surface area contributed by atoms with Crippen molar-refractivity contribution in [1.82, 2.24) is 5.32 Å². The first-order chi connectivity index (χ1) is 10.2. The number of rotatable bonds is 4. The molecule has 21 heavy (non-hydrogen) atoms. The Bertz CT molecular complexity index is 624. The predicted octanol–water partition coefficient (Wildman–Crippen LogP) is 5.32. The minimum absolute atomic E-state index is 0.0616. The Hall–Kier alpha value is -1.19. The van der Waals surface area contributed by atoms with Crippen molar-refractivity contribution in [2.75, 3.05) is 0 Å². The Kier molecular flexibility index (Phi) is 4.41. The largest absolute Gasteiger partial charge is 0.303 e. The molecule has 0 aromatic heterocycles. The van der Waals surface area contributed by atoms with Crippen molar-refractivity contribution < 1.29 is 4.39 Å². The first kappa shape index (κ1) is 14.7. The molecular weight excluding hydrogens is 329 g/mol. The van der Waals surface area contributed by atoms with Gasteiger partial charge in [-0.2, -0.15) is 0 Å². The average molecular weight is 348 g/mol. The molecule has 0 radical (unpaired) electrons. The van der Waals surface area contributed by atoms with E-state index in [4.69, 9.17) is 0 Å². The lowest BCUT2D eigenvalue weighted by atomic mass is 10.0. The minimum Gasteiger partial charge on any atom is -0.303 e. The summed E-state index contributed by atoms with van der Waals surface area (Å²) in [5.74, 6) is -0.0616. The highest BCUT2D eigenvalue weighted by atomic mass is 79.9. The molecule has 2 atom stereocenters. The Morgan fingerprint density at radius 1 is 1.24 bits per heavy atom. The summed E-state index contributed by atoms with van der Waals surface area (Å²) in [6.45, 7) is 2.18. The van der Waals surface area contributed by atoms with Gasteiger partial charge < -0.3 is 5.32 Å². The highest BCUT2D eigenvalue weighted by molar-refractivity contribution is 9.10. The molecule has 1 aliphatic carbocycles. The van der Waals surface area contributed by atoms with Crippen LogP contribution < -0.4 is 5.32 Å². The Morgan fingerprint density at radius 2 is 2.00 bits per heavy atom. The van der Waals surface area contributed by atoms with Gasteiger partial charge in [-0.25, -0.2) is 4.39 Å². The van der Waals surface area contributed by atoms with Crippen LogP contribution >= 0.6 is 15.9 Å². The fraction of sp³-hybridized carbons (Fsp3) is 0.333. The number of hydrogen-bond acceptors (Lipinski definition) is 1. The summed E-state index contributed by atoms with van der Waals surface area (Å²) < 4.78 is 14.9. The summed E-state index contributed by atoms with van der Waals surface area (Å²) in [5, 5.41) is 3.70. The molecule has 1 N–H and O–H groups in total. The first-order valence-corrected chi connectivity index (χ1v) is 8.27. The zero-order chi connectivity index (χ0) is 14.8. The minimum atomic E-state index is -0.0616. The van der Waals surface area contributed by atoms with E-state index in [0.29, 0.717) is 6.04 Å². The van der Waals surface area contributed by atoms with E-state index in [-0.39, 0.29) is 11.9 Å². The smallest absolute Gasteiger partial charge is 0.126 e. The van der Waals surface area contributed by atoms with E-state index in [1.807, 2.05) is 6.07 Å². The second-order valence-corrected chi connectivity index (χ2v) is 6.49. The van der Waals surface area contributed by atoms with Crippen molar-refractivity contribution in [2.24, 2.45) is 0 Å². The lowest BCUT2D eigenvalue weighted by molar-refractivity contribution is 0.433. The number of nitrogens with one attached hydrogen (secondary N) is 1. The maximum Gasteiger partial charge on any atom is 0.126 e. The Labute approximate surface area is 133 Å². The van der Waals surface area contributed by atoms with Crippen molar-refractivity contribution in [3.8, 4) is 0 Å². The average Bonchev–Trinajstić information content (AvgIpc) is 2.90. The van der Waals surface area contributed by atoms with E-state index >= 15 is 0 Å². The van der Waals surface area contributed by atoms with E-state index in [1.165, 1.54) is 5.56 Å². The van der Waals surface area contributed by atoms with Gasteiger partial charge in [0.25, 0.3) is 0 Å². The topological polar surface area (TPSA) is 12.0 Å². The van der Waals surface area contributed by atoms with Crippen molar-refractivity contribution in [2.45, 2.75) is 38.3 Å². The maximum absolute atomic E-state index is 13.8.